The molecule has 0 aliphatic carbocycles. The first-order chi connectivity index (χ1) is 9.33. The molecule has 5 nitrogen and oxygen atoms in total. The van der Waals surface area contributed by atoms with E-state index in [1.807, 2.05) is 0 Å². The van der Waals surface area contributed by atoms with Gasteiger partial charge in [-0.15, -0.1) is 0 Å². The van der Waals surface area contributed by atoms with E-state index in [4.69, 9.17) is 10.00 Å². The average molecular weight is 279 g/mol. The van der Waals surface area contributed by atoms with Crippen molar-refractivity contribution in [1.82, 2.24) is 5.32 Å². The fourth-order valence-electron chi connectivity index (χ4n) is 1.46. The van der Waals surface area contributed by atoms with Gasteiger partial charge in [-0.2, -0.15) is 5.26 Å². The summed E-state index contributed by atoms with van der Waals surface area (Å²) in [6, 6.07) is 6.14. The van der Waals surface area contributed by atoms with Crippen molar-refractivity contribution in [2.24, 2.45) is 0 Å². The van der Waals surface area contributed by atoms with Crippen molar-refractivity contribution in [2.45, 2.75) is 26.4 Å². The molecule has 1 aromatic rings. The molecule has 0 bridgehead atoms. The molecule has 0 saturated heterocycles. The Kier molecular flexibility index (Phi) is 5.32. The van der Waals surface area contributed by atoms with Crippen LogP contribution in [0, 0.1) is 17.1 Å². The average Bonchev–Trinajstić information content (AvgIpc) is 2.32. The molecule has 1 amide bonds. The number of carbonyl (C=O) groups is 1. The Labute approximate surface area is 117 Å². The van der Waals surface area contributed by atoms with Gasteiger partial charge in [0.15, 0.2) is 0 Å². The van der Waals surface area contributed by atoms with Gasteiger partial charge in [-0.3, -0.25) is 0 Å². The van der Waals surface area contributed by atoms with Gasteiger partial charge in [-0.1, -0.05) is 6.07 Å². The first-order valence-electron chi connectivity index (χ1n) is 6.23. The lowest BCUT2D eigenvalue weighted by Gasteiger charge is -2.19. The standard InChI is InChI=1S/C14H18FN3O2/c1-14(2,3)20-13(19)18-8-7-17-12-6-4-5-11(15)10(12)9-16/h4-6,17H,7-8H2,1-3H3,(H,18,19). The van der Waals surface area contributed by atoms with Crippen LogP contribution >= 0.6 is 0 Å². The molecule has 1 aromatic carbocycles. The number of nitrogens with zero attached hydrogens (tertiary/aromatic N) is 1. The lowest BCUT2D eigenvalue weighted by atomic mass is 10.2. The third kappa shape index (κ3) is 5.14. The Balaban J connectivity index is 2.41. The van der Waals surface area contributed by atoms with Gasteiger partial charge in [-0.05, 0) is 32.9 Å². The summed E-state index contributed by atoms with van der Waals surface area (Å²) < 4.78 is 18.4. The van der Waals surface area contributed by atoms with Crippen molar-refractivity contribution in [3.8, 4) is 6.07 Å². The molecule has 0 aliphatic rings. The largest absolute Gasteiger partial charge is 0.444 e. The van der Waals surface area contributed by atoms with Crippen molar-refractivity contribution in [2.75, 3.05) is 18.4 Å². The number of alkyl carbamates (subject to hydrolysis) is 1. The van der Waals surface area contributed by atoms with E-state index in [2.05, 4.69) is 10.6 Å². The van der Waals surface area contributed by atoms with Crippen LogP contribution in [0.5, 0.6) is 0 Å². The van der Waals surface area contributed by atoms with Crippen molar-refractivity contribution < 1.29 is 13.9 Å². The topological polar surface area (TPSA) is 74.2 Å². The molecular formula is C14H18FN3O2. The third-order valence-electron chi connectivity index (χ3n) is 2.23. The van der Waals surface area contributed by atoms with E-state index in [0.717, 1.165) is 0 Å². The highest BCUT2D eigenvalue weighted by atomic mass is 19.1. The molecule has 0 unspecified atom stereocenters. The highest BCUT2D eigenvalue weighted by Gasteiger charge is 2.15. The minimum absolute atomic E-state index is 0.0373. The monoisotopic (exact) mass is 279 g/mol. The number of hydrogen-bond acceptors (Lipinski definition) is 4. The van der Waals surface area contributed by atoms with Crippen LogP contribution in [0.1, 0.15) is 26.3 Å². The third-order valence-corrected chi connectivity index (χ3v) is 2.23. The molecule has 0 radical (unpaired) electrons. The second kappa shape index (κ2) is 6.75. The number of nitrogens with one attached hydrogen (secondary N) is 2. The molecule has 108 valence electrons. The van der Waals surface area contributed by atoms with Crippen LogP contribution in [0.3, 0.4) is 0 Å². The van der Waals surface area contributed by atoms with Crippen LogP contribution < -0.4 is 10.6 Å². The van der Waals surface area contributed by atoms with Crippen molar-refractivity contribution in [1.29, 1.82) is 5.26 Å². The molecule has 0 aliphatic heterocycles. The number of nitriles is 1. The molecule has 0 aromatic heterocycles. The molecule has 20 heavy (non-hydrogen) atoms. The Morgan fingerprint density at radius 1 is 1.40 bits per heavy atom. The predicted molar refractivity (Wildman–Crippen MR) is 73.8 cm³/mol. The van der Waals surface area contributed by atoms with Crippen LogP contribution in [0.15, 0.2) is 18.2 Å². The second-order valence-corrected chi connectivity index (χ2v) is 5.13. The lowest BCUT2D eigenvalue weighted by molar-refractivity contribution is 0.0530. The number of hydrogen-bond donors (Lipinski definition) is 2. The van der Waals surface area contributed by atoms with E-state index < -0.39 is 17.5 Å². The van der Waals surface area contributed by atoms with Crippen LogP contribution in [-0.2, 0) is 4.74 Å². The summed E-state index contributed by atoms with van der Waals surface area (Å²) in [5, 5.41) is 14.3. The van der Waals surface area contributed by atoms with Crippen LogP contribution in [-0.4, -0.2) is 24.8 Å². The first kappa shape index (κ1) is 15.8. The maximum absolute atomic E-state index is 13.3. The number of anilines is 1. The van der Waals surface area contributed by atoms with Crippen LogP contribution in [0.4, 0.5) is 14.9 Å². The molecule has 0 fully saturated rings. The first-order valence-corrected chi connectivity index (χ1v) is 6.23. The summed E-state index contributed by atoms with van der Waals surface area (Å²) in [5.41, 5.74) is -0.183. The highest BCUT2D eigenvalue weighted by Crippen LogP contribution is 2.17. The second-order valence-electron chi connectivity index (χ2n) is 5.13. The molecule has 0 heterocycles. The Hall–Kier alpha value is -2.29. The van der Waals surface area contributed by atoms with Gasteiger partial charge in [0.25, 0.3) is 0 Å². The van der Waals surface area contributed by atoms with Crippen LogP contribution in [0.2, 0.25) is 0 Å². The fourth-order valence-corrected chi connectivity index (χ4v) is 1.46. The number of benzene rings is 1. The number of ether oxygens (including phenoxy) is 1. The normalized spacial score (nSPS) is 10.6. The van der Waals surface area contributed by atoms with Gasteiger partial charge in [0.2, 0.25) is 0 Å². The molecule has 0 saturated carbocycles. The minimum atomic E-state index is -0.572. The van der Waals surface area contributed by atoms with E-state index >= 15 is 0 Å². The van der Waals surface area contributed by atoms with E-state index in [9.17, 15) is 9.18 Å². The molecule has 0 atom stereocenters. The Morgan fingerprint density at radius 2 is 2.10 bits per heavy atom. The number of carbonyl (C=O) groups excluding carboxylic acids is 1. The Morgan fingerprint density at radius 3 is 2.70 bits per heavy atom. The summed E-state index contributed by atoms with van der Waals surface area (Å²) in [5.74, 6) is -0.572. The molecule has 0 spiro atoms. The Bertz CT molecular complexity index is 518. The summed E-state index contributed by atoms with van der Waals surface area (Å²) in [6.07, 6.45) is -0.515. The molecular weight excluding hydrogens is 261 g/mol. The zero-order valence-electron chi connectivity index (χ0n) is 11.8. The quantitative estimate of drug-likeness (QED) is 0.831. The van der Waals surface area contributed by atoms with Gasteiger partial charge in [0.1, 0.15) is 23.1 Å². The summed E-state index contributed by atoms with van der Waals surface area (Å²) in [6.45, 7) is 5.98. The summed E-state index contributed by atoms with van der Waals surface area (Å²) in [4.78, 5) is 11.4. The van der Waals surface area contributed by atoms with Crippen molar-refractivity contribution >= 4 is 11.8 Å². The predicted octanol–water partition coefficient (Wildman–Crippen LogP) is 2.63. The zero-order valence-corrected chi connectivity index (χ0v) is 11.8. The molecule has 6 heteroatoms. The SMILES string of the molecule is CC(C)(C)OC(=O)NCCNc1cccc(F)c1C#N. The highest BCUT2D eigenvalue weighted by molar-refractivity contribution is 5.67. The lowest BCUT2D eigenvalue weighted by Crippen LogP contribution is -2.35. The van der Waals surface area contributed by atoms with E-state index in [0.29, 0.717) is 18.8 Å². The van der Waals surface area contributed by atoms with Crippen molar-refractivity contribution in [3.63, 3.8) is 0 Å². The zero-order chi connectivity index (χ0) is 15.2. The van der Waals surface area contributed by atoms with E-state index in [1.165, 1.54) is 12.1 Å². The summed E-state index contributed by atoms with van der Waals surface area (Å²) >= 11 is 0. The maximum atomic E-state index is 13.3. The van der Waals surface area contributed by atoms with Gasteiger partial charge in [-0.25, -0.2) is 9.18 Å². The molecule has 1 rings (SSSR count). The minimum Gasteiger partial charge on any atom is -0.444 e. The molecule has 2 N–H and O–H groups in total. The van der Waals surface area contributed by atoms with Gasteiger partial charge < -0.3 is 15.4 Å². The number of halogens is 1. The van der Waals surface area contributed by atoms with Gasteiger partial charge in [0.05, 0.1) is 5.69 Å². The number of rotatable bonds is 4. The summed E-state index contributed by atoms with van der Waals surface area (Å²) in [7, 11) is 0. The maximum Gasteiger partial charge on any atom is 0.407 e. The van der Waals surface area contributed by atoms with Gasteiger partial charge in [0, 0.05) is 13.1 Å². The fraction of sp³-hybridized carbons (Fsp3) is 0.429. The van der Waals surface area contributed by atoms with E-state index in [1.54, 1.807) is 32.9 Å². The number of amides is 1. The van der Waals surface area contributed by atoms with Crippen molar-refractivity contribution in [3.05, 3.63) is 29.6 Å². The van der Waals surface area contributed by atoms with E-state index in [-0.39, 0.29) is 5.56 Å². The van der Waals surface area contributed by atoms with Gasteiger partial charge >= 0.3 is 6.09 Å². The smallest absolute Gasteiger partial charge is 0.407 e. The van der Waals surface area contributed by atoms with Crippen LogP contribution in [0.25, 0.3) is 0 Å².